The quantitative estimate of drug-likeness (QED) is 0.731. The van der Waals surface area contributed by atoms with E-state index in [9.17, 15) is 9.90 Å². The van der Waals surface area contributed by atoms with E-state index >= 15 is 0 Å². The van der Waals surface area contributed by atoms with Crippen molar-refractivity contribution in [3.05, 3.63) is 17.7 Å². The number of benzene rings is 1. The minimum Gasteiger partial charge on any atom is -0.503 e. The number of phenolic OH excluding ortho intramolecular Hbond substituents is 1. The molecule has 1 aliphatic rings. The lowest BCUT2D eigenvalue weighted by molar-refractivity contribution is 0.0635. The highest BCUT2D eigenvalue weighted by Gasteiger charge is 2.35. The Kier molecular flexibility index (Phi) is 5.28. The summed E-state index contributed by atoms with van der Waals surface area (Å²) in [6.45, 7) is 5.87. The number of amides is 1. The minimum atomic E-state index is -0.620. The van der Waals surface area contributed by atoms with Crippen LogP contribution in [0, 0.1) is 0 Å². The third-order valence-corrected chi connectivity index (χ3v) is 4.49. The van der Waals surface area contributed by atoms with Gasteiger partial charge in [0, 0.05) is 12.0 Å². The lowest BCUT2D eigenvalue weighted by Gasteiger charge is -2.29. The maximum atomic E-state index is 12.1. The molecule has 0 aromatic heterocycles. The SMILES string of the molecule is COc1cc(C2(CN)CCCC2)cc(NC(=O)OC(C)(C)C)c1O. The van der Waals surface area contributed by atoms with Crippen molar-refractivity contribution in [3.8, 4) is 11.5 Å². The smallest absolute Gasteiger partial charge is 0.412 e. The molecule has 0 aliphatic heterocycles. The van der Waals surface area contributed by atoms with Crippen LogP contribution in [0.4, 0.5) is 10.5 Å². The number of carbonyl (C=O) groups is 1. The second-order valence-electron chi connectivity index (χ2n) is 7.39. The molecule has 1 amide bonds. The predicted octanol–water partition coefficient (Wildman–Crippen LogP) is 3.52. The monoisotopic (exact) mass is 336 g/mol. The maximum absolute atomic E-state index is 12.1. The molecule has 1 aliphatic carbocycles. The summed E-state index contributed by atoms with van der Waals surface area (Å²) >= 11 is 0. The van der Waals surface area contributed by atoms with Gasteiger partial charge in [-0.3, -0.25) is 5.32 Å². The van der Waals surface area contributed by atoms with Gasteiger partial charge >= 0.3 is 6.09 Å². The Hall–Kier alpha value is -1.95. The Morgan fingerprint density at radius 3 is 2.46 bits per heavy atom. The first-order chi connectivity index (χ1) is 11.2. The van der Waals surface area contributed by atoms with Crippen LogP contribution < -0.4 is 15.8 Å². The average molecular weight is 336 g/mol. The molecule has 2 rings (SSSR count). The molecule has 1 aromatic carbocycles. The molecule has 1 saturated carbocycles. The van der Waals surface area contributed by atoms with Gasteiger partial charge in [0.1, 0.15) is 5.60 Å². The first-order valence-electron chi connectivity index (χ1n) is 8.32. The van der Waals surface area contributed by atoms with Gasteiger partial charge in [0.15, 0.2) is 11.5 Å². The number of aromatic hydroxyl groups is 1. The van der Waals surface area contributed by atoms with Crippen LogP contribution >= 0.6 is 0 Å². The Morgan fingerprint density at radius 2 is 1.96 bits per heavy atom. The normalized spacial score (nSPS) is 16.7. The highest BCUT2D eigenvalue weighted by atomic mass is 16.6. The van der Waals surface area contributed by atoms with Gasteiger partial charge in [-0.2, -0.15) is 0 Å². The van der Waals surface area contributed by atoms with Crippen LogP contribution in [-0.2, 0) is 10.2 Å². The lowest BCUT2D eigenvalue weighted by Crippen LogP contribution is -2.32. The summed E-state index contributed by atoms with van der Waals surface area (Å²) in [5, 5.41) is 12.9. The van der Waals surface area contributed by atoms with Crippen molar-refractivity contribution in [1.82, 2.24) is 0 Å². The molecule has 0 bridgehead atoms. The maximum Gasteiger partial charge on any atom is 0.412 e. The van der Waals surface area contributed by atoms with Gasteiger partial charge in [-0.25, -0.2) is 4.79 Å². The molecule has 1 fully saturated rings. The van der Waals surface area contributed by atoms with E-state index in [2.05, 4.69) is 5.32 Å². The zero-order valence-corrected chi connectivity index (χ0v) is 14.9. The van der Waals surface area contributed by atoms with Crippen molar-refractivity contribution in [2.75, 3.05) is 19.0 Å². The fraction of sp³-hybridized carbons (Fsp3) is 0.611. The van der Waals surface area contributed by atoms with Crippen LogP contribution in [0.3, 0.4) is 0 Å². The van der Waals surface area contributed by atoms with E-state index in [1.165, 1.54) is 7.11 Å². The van der Waals surface area contributed by atoms with E-state index in [1.807, 2.05) is 6.07 Å². The van der Waals surface area contributed by atoms with Crippen molar-refractivity contribution < 1.29 is 19.4 Å². The molecule has 0 atom stereocenters. The number of hydrogen-bond acceptors (Lipinski definition) is 5. The molecule has 1 aromatic rings. The van der Waals surface area contributed by atoms with Crippen molar-refractivity contribution in [2.45, 2.75) is 57.5 Å². The van der Waals surface area contributed by atoms with Gasteiger partial charge in [0.05, 0.1) is 12.8 Å². The summed E-state index contributed by atoms with van der Waals surface area (Å²) in [6.07, 6.45) is 3.60. The summed E-state index contributed by atoms with van der Waals surface area (Å²) in [7, 11) is 1.49. The van der Waals surface area contributed by atoms with Crippen LogP contribution in [0.2, 0.25) is 0 Å². The van der Waals surface area contributed by atoms with Gasteiger partial charge in [-0.05, 0) is 51.3 Å². The van der Waals surface area contributed by atoms with Crippen LogP contribution in [0.25, 0.3) is 0 Å². The van der Waals surface area contributed by atoms with Gasteiger partial charge in [-0.15, -0.1) is 0 Å². The molecule has 0 heterocycles. The van der Waals surface area contributed by atoms with Crippen LogP contribution in [-0.4, -0.2) is 30.5 Å². The summed E-state index contributed by atoms with van der Waals surface area (Å²) in [5.74, 6) is 0.204. The number of hydrogen-bond donors (Lipinski definition) is 3. The van der Waals surface area contributed by atoms with Crippen molar-refractivity contribution in [3.63, 3.8) is 0 Å². The van der Waals surface area contributed by atoms with E-state index in [0.717, 1.165) is 31.2 Å². The van der Waals surface area contributed by atoms with Crippen LogP contribution in [0.1, 0.15) is 52.0 Å². The third-order valence-electron chi connectivity index (χ3n) is 4.49. The standard InChI is InChI=1S/C18H28N2O4/c1-17(2,3)24-16(22)20-13-9-12(10-14(23-4)15(13)21)18(11-19)7-5-6-8-18/h9-10,21H,5-8,11,19H2,1-4H3,(H,20,22). The molecule has 0 spiro atoms. The Morgan fingerprint density at radius 1 is 1.33 bits per heavy atom. The third kappa shape index (κ3) is 3.93. The number of nitrogens with two attached hydrogens (primary N) is 1. The zero-order chi connectivity index (χ0) is 18.0. The Labute approximate surface area is 143 Å². The lowest BCUT2D eigenvalue weighted by atomic mass is 9.78. The number of carbonyl (C=O) groups excluding carboxylic acids is 1. The van der Waals surface area contributed by atoms with Crippen molar-refractivity contribution in [1.29, 1.82) is 0 Å². The highest BCUT2D eigenvalue weighted by molar-refractivity contribution is 5.88. The minimum absolute atomic E-state index is 0.114. The van der Waals surface area contributed by atoms with E-state index in [4.69, 9.17) is 15.2 Å². The first kappa shape index (κ1) is 18.4. The van der Waals surface area contributed by atoms with Crippen molar-refractivity contribution >= 4 is 11.8 Å². The predicted molar refractivity (Wildman–Crippen MR) is 93.7 cm³/mol. The van der Waals surface area contributed by atoms with E-state index < -0.39 is 11.7 Å². The molecule has 0 unspecified atom stereocenters. The Balaban J connectivity index is 2.37. The molecule has 24 heavy (non-hydrogen) atoms. The van der Waals surface area contributed by atoms with E-state index in [0.29, 0.717) is 12.3 Å². The molecular weight excluding hydrogens is 308 g/mol. The summed E-state index contributed by atoms with van der Waals surface area (Å²) in [5.41, 5.74) is 6.55. The summed E-state index contributed by atoms with van der Waals surface area (Å²) in [6, 6.07) is 3.59. The second kappa shape index (κ2) is 6.89. The number of nitrogens with one attached hydrogen (secondary N) is 1. The molecule has 4 N–H and O–H groups in total. The van der Waals surface area contributed by atoms with Crippen LogP contribution in [0.5, 0.6) is 11.5 Å². The fourth-order valence-electron chi connectivity index (χ4n) is 3.24. The molecule has 134 valence electrons. The van der Waals surface area contributed by atoms with E-state index in [1.54, 1.807) is 26.8 Å². The van der Waals surface area contributed by atoms with Gasteiger partial charge < -0.3 is 20.3 Å². The number of anilines is 1. The molecule has 0 saturated heterocycles. The highest BCUT2D eigenvalue weighted by Crippen LogP contribution is 2.45. The van der Waals surface area contributed by atoms with Crippen LogP contribution in [0.15, 0.2) is 12.1 Å². The topological polar surface area (TPSA) is 93.8 Å². The fourth-order valence-corrected chi connectivity index (χ4v) is 3.24. The van der Waals surface area contributed by atoms with Gasteiger partial charge in [-0.1, -0.05) is 12.8 Å². The summed E-state index contributed by atoms with van der Waals surface area (Å²) in [4.78, 5) is 12.1. The largest absolute Gasteiger partial charge is 0.503 e. The average Bonchev–Trinajstić information content (AvgIpc) is 2.97. The zero-order valence-electron chi connectivity index (χ0n) is 14.9. The van der Waals surface area contributed by atoms with Crippen molar-refractivity contribution in [2.24, 2.45) is 5.73 Å². The molecule has 0 radical (unpaired) electrons. The van der Waals surface area contributed by atoms with Gasteiger partial charge in [0.2, 0.25) is 0 Å². The first-order valence-corrected chi connectivity index (χ1v) is 8.32. The molecule has 6 heteroatoms. The number of rotatable bonds is 4. The second-order valence-corrected chi connectivity index (χ2v) is 7.39. The van der Waals surface area contributed by atoms with Gasteiger partial charge in [0.25, 0.3) is 0 Å². The summed E-state index contributed by atoms with van der Waals surface area (Å²) < 4.78 is 10.5. The number of phenols is 1. The molecular formula is C18H28N2O4. The Bertz CT molecular complexity index is 602. The number of ether oxygens (including phenoxy) is 2. The van der Waals surface area contributed by atoms with E-state index in [-0.39, 0.29) is 16.9 Å². The molecule has 6 nitrogen and oxygen atoms in total. The number of methoxy groups -OCH3 is 1.